The molecule has 0 spiro atoms. The predicted octanol–water partition coefficient (Wildman–Crippen LogP) is -0.0839. The summed E-state index contributed by atoms with van der Waals surface area (Å²) in [6.45, 7) is 0.999. The standard InChI is InChI=1S/C6H10N4O3/c1-7-2-3-13-5-4-8-9-6(5)10(11)12/h4,7H,2-3H2,1H3,(H,8,9). The molecule has 13 heavy (non-hydrogen) atoms. The highest BCUT2D eigenvalue weighted by Crippen LogP contribution is 2.21. The fourth-order valence-corrected chi connectivity index (χ4v) is 0.768. The molecule has 7 heteroatoms. The lowest BCUT2D eigenvalue weighted by atomic mass is 10.6. The van der Waals surface area contributed by atoms with E-state index in [4.69, 9.17) is 4.74 Å². The first-order valence-corrected chi connectivity index (χ1v) is 3.71. The number of H-pyrrole nitrogens is 1. The molecule has 0 aromatic carbocycles. The first kappa shape index (κ1) is 9.46. The second-order valence-electron chi connectivity index (χ2n) is 2.29. The number of nitrogens with zero attached hydrogens (tertiary/aromatic N) is 2. The third kappa shape index (κ3) is 2.41. The summed E-state index contributed by atoms with van der Waals surface area (Å²) in [5.41, 5.74) is 0. The van der Waals surface area contributed by atoms with Gasteiger partial charge in [-0.1, -0.05) is 5.10 Å². The van der Waals surface area contributed by atoms with Gasteiger partial charge in [-0.2, -0.15) is 0 Å². The SMILES string of the molecule is CNCCOc1cn[nH]c1[N+](=O)[O-]. The van der Waals surface area contributed by atoms with Crippen LogP contribution in [0, 0.1) is 10.1 Å². The minimum Gasteiger partial charge on any atom is -0.483 e. The van der Waals surface area contributed by atoms with Crippen LogP contribution in [0.15, 0.2) is 6.20 Å². The molecule has 0 fully saturated rings. The van der Waals surface area contributed by atoms with Gasteiger partial charge < -0.3 is 20.2 Å². The number of hydrogen-bond acceptors (Lipinski definition) is 5. The number of nitrogens with one attached hydrogen (secondary N) is 2. The fraction of sp³-hybridized carbons (Fsp3) is 0.500. The Morgan fingerprint density at radius 2 is 2.62 bits per heavy atom. The van der Waals surface area contributed by atoms with Gasteiger partial charge in [-0.25, -0.2) is 0 Å². The fourth-order valence-electron chi connectivity index (χ4n) is 0.768. The summed E-state index contributed by atoms with van der Waals surface area (Å²) < 4.78 is 5.08. The molecule has 0 atom stereocenters. The van der Waals surface area contributed by atoms with E-state index in [1.165, 1.54) is 6.20 Å². The van der Waals surface area contributed by atoms with Crippen LogP contribution in [0.4, 0.5) is 5.82 Å². The van der Waals surface area contributed by atoms with Gasteiger partial charge in [0.1, 0.15) is 12.8 Å². The average Bonchev–Trinajstić information content (AvgIpc) is 2.53. The normalized spacial score (nSPS) is 9.92. The summed E-state index contributed by atoms with van der Waals surface area (Å²) in [5, 5.41) is 19.0. The highest BCUT2D eigenvalue weighted by Gasteiger charge is 2.15. The number of rotatable bonds is 5. The Kier molecular flexibility index (Phi) is 3.21. The largest absolute Gasteiger partial charge is 0.483 e. The molecule has 0 radical (unpaired) electrons. The van der Waals surface area contributed by atoms with E-state index in [0.29, 0.717) is 13.2 Å². The zero-order valence-electron chi connectivity index (χ0n) is 7.11. The molecule has 0 aliphatic rings. The summed E-state index contributed by atoms with van der Waals surface area (Å²) in [6.07, 6.45) is 1.29. The van der Waals surface area contributed by atoms with Gasteiger partial charge in [0, 0.05) is 6.54 Å². The van der Waals surface area contributed by atoms with E-state index in [2.05, 4.69) is 15.5 Å². The molecule has 0 amide bonds. The molecule has 1 heterocycles. The van der Waals surface area contributed by atoms with Crippen molar-refractivity contribution in [1.82, 2.24) is 15.5 Å². The van der Waals surface area contributed by atoms with Gasteiger partial charge in [0.05, 0.1) is 0 Å². The van der Waals surface area contributed by atoms with Crippen molar-refractivity contribution in [3.63, 3.8) is 0 Å². The quantitative estimate of drug-likeness (QED) is 0.381. The van der Waals surface area contributed by atoms with E-state index in [-0.39, 0.29) is 11.6 Å². The summed E-state index contributed by atoms with van der Waals surface area (Å²) in [6, 6.07) is 0. The highest BCUT2D eigenvalue weighted by atomic mass is 16.6. The van der Waals surface area contributed by atoms with Crippen LogP contribution in [0.3, 0.4) is 0 Å². The van der Waals surface area contributed by atoms with Gasteiger partial charge in [-0.3, -0.25) is 0 Å². The Morgan fingerprint density at radius 1 is 1.85 bits per heavy atom. The Hall–Kier alpha value is -1.63. The van der Waals surface area contributed by atoms with Crippen molar-refractivity contribution in [2.45, 2.75) is 0 Å². The number of likely N-dealkylation sites (N-methyl/N-ethyl adjacent to an activating group) is 1. The maximum Gasteiger partial charge on any atom is 0.385 e. The lowest BCUT2D eigenvalue weighted by Gasteiger charge is -2.01. The molecule has 72 valence electrons. The molecule has 1 aromatic heterocycles. The lowest BCUT2D eigenvalue weighted by Crippen LogP contribution is -2.16. The molecule has 0 bridgehead atoms. The van der Waals surface area contributed by atoms with Crippen LogP contribution in [-0.2, 0) is 0 Å². The van der Waals surface area contributed by atoms with Gasteiger partial charge in [-0.05, 0) is 12.0 Å². The van der Waals surface area contributed by atoms with Crippen LogP contribution < -0.4 is 10.1 Å². The van der Waals surface area contributed by atoms with Gasteiger partial charge in [-0.15, -0.1) is 5.10 Å². The highest BCUT2D eigenvalue weighted by molar-refractivity contribution is 5.36. The van der Waals surface area contributed by atoms with Crippen LogP contribution in [0.25, 0.3) is 0 Å². The molecule has 0 aliphatic heterocycles. The molecule has 1 aromatic rings. The molecular formula is C6H10N4O3. The first-order chi connectivity index (χ1) is 6.25. The minimum atomic E-state index is -0.568. The molecule has 1 rings (SSSR count). The minimum absolute atomic E-state index is 0.167. The number of nitro groups is 1. The Labute approximate surface area is 74.2 Å². The van der Waals surface area contributed by atoms with Crippen molar-refractivity contribution in [3.8, 4) is 5.75 Å². The van der Waals surface area contributed by atoms with Gasteiger partial charge in [0.25, 0.3) is 0 Å². The molecule has 0 unspecified atom stereocenters. The van der Waals surface area contributed by atoms with E-state index < -0.39 is 4.92 Å². The smallest absolute Gasteiger partial charge is 0.385 e. The van der Waals surface area contributed by atoms with Crippen molar-refractivity contribution >= 4 is 5.82 Å². The molecule has 0 aliphatic carbocycles. The van der Waals surface area contributed by atoms with Crippen molar-refractivity contribution in [2.75, 3.05) is 20.2 Å². The van der Waals surface area contributed by atoms with Crippen LogP contribution in [0.2, 0.25) is 0 Å². The second kappa shape index (κ2) is 4.41. The number of hydrogen-bond donors (Lipinski definition) is 2. The molecule has 2 N–H and O–H groups in total. The third-order valence-corrected chi connectivity index (χ3v) is 1.38. The van der Waals surface area contributed by atoms with Crippen molar-refractivity contribution in [1.29, 1.82) is 0 Å². The van der Waals surface area contributed by atoms with E-state index in [1.54, 1.807) is 7.05 Å². The Morgan fingerprint density at radius 3 is 3.23 bits per heavy atom. The van der Waals surface area contributed by atoms with Crippen LogP contribution >= 0.6 is 0 Å². The topological polar surface area (TPSA) is 93.1 Å². The van der Waals surface area contributed by atoms with Crippen LogP contribution in [0.5, 0.6) is 5.75 Å². The lowest BCUT2D eigenvalue weighted by molar-refractivity contribution is -0.390. The maximum atomic E-state index is 10.4. The molecule has 0 saturated carbocycles. The second-order valence-corrected chi connectivity index (χ2v) is 2.29. The monoisotopic (exact) mass is 186 g/mol. The summed E-state index contributed by atoms with van der Waals surface area (Å²) in [7, 11) is 1.77. The zero-order valence-corrected chi connectivity index (χ0v) is 7.11. The molecule has 7 nitrogen and oxygen atoms in total. The van der Waals surface area contributed by atoms with Crippen molar-refractivity contribution < 1.29 is 9.66 Å². The molecule has 0 saturated heterocycles. The molecular weight excluding hydrogens is 176 g/mol. The average molecular weight is 186 g/mol. The maximum absolute atomic E-state index is 10.4. The summed E-state index contributed by atoms with van der Waals surface area (Å²) >= 11 is 0. The predicted molar refractivity (Wildman–Crippen MR) is 44.7 cm³/mol. The van der Waals surface area contributed by atoms with Gasteiger partial charge in [0.15, 0.2) is 0 Å². The third-order valence-electron chi connectivity index (χ3n) is 1.38. The number of aromatic nitrogens is 2. The Balaban J connectivity index is 2.55. The van der Waals surface area contributed by atoms with E-state index >= 15 is 0 Å². The van der Waals surface area contributed by atoms with Crippen molar-refractivity contribution in [2.24, 2.45) is 0 Å². The van der Waals surface area contributed by atoms with Gasteiger partial charge >= 0.3 is 5.82 Å². The van der Waals surface area contributed by atoms with Crippen LogP contribution in [0.1, 0.15) is 0 Å². The van der Waals surface area contributed by atoms with E-state index in [9.17, 15) is 10.1 Å². The number of ether oxygens (including phenoxy) is 1. The van der Waals surface area contributed by atoms with Crippen molar-refractivity contribution in [3.05, 3.63) is 16.3 Å². The first-order valence-electron chi connectivity index (χ1n) is 3.71. The van der Waals surface area contributed by atoms with E-state index in [1.807, 2.05) is 0 Å². The van der Waals surface area contributed by atoms with Crippen LogP contribution in [-0.4, -0.2) is 35.3 Å². The van der Waals surface area contributed by atoms with E-state index in [0.717, 1.165) is 0 Å². The number of aromatic amines is 1. The Bertz CT molecular complexity index is 285. The summed E-state index contributed by atoms with van der Waals surface area (Å²) in [5.74, 6) is -0.0450. The summed E-state index contributed by atoms with van der Waals surface area (Å²) in [4.78, 5) is 9.79. The van der Waals surface area contributed by atoms with Gasteiger partial charge in [0.2, 0.25) is 5.75 Å². The zero-order chi connectivity index (χ0) is 9.68.